The van der Waals surface area contributed by atoms with E-state index in [0.717, 1.165) is 11.1 Å². The Morgan fingerprint density at radius 2 is 1.81 bits per heavy atom. The van der Waals surface area contributed by atoms with E-state index in [1.807, 2.05) is 13.8 Å². The Labute approximate surface area is 186 Å². The van der Waals surface area contributed by atoms with Gasteiger partial charge < -0.3 is 4.74 Å². The molecular formula is C24H20ClFO4S. The first-order chi connectivity index (χ1) is 14.7. The lowest BCUT2D eigenvalue weighted by molar-refractivity contribution is 0.166. The second kappa shape index (κ2) is 8.46. The third kappa shape index (κ3) is 4.51. The highest BCUT2D eigenvalue weighted by atomic mass is 35.5. The van der Waals surface area contributed by atoms with Crippen molar-refractivity contribution >= 4 is 27.8 Å². The van der Waals surface area contributed by atoms with Crippen LogP contribution in [0.15, 0.2) is 65.6 Å². The predicted molar refractivity (Wildman–Crippen MR) is 119 cm³/mol. The van der Waals surface area contributed by atoms with Gasteiger partial charge in [-0.05, 0) is 67.4 Å². The third-order valence-corrected chi connectivity index (χ3v) is 6.58. The maximum Gasteiger partial charge on any atom is 0.297 e. The highest BCUT2D eigenvalue weighted by molar-refractivity contribution is 7.86. The lowest BCUT2D eigenvalue weighted by Gasteiger charge is -2.24. The van der Waals surface area contributed by atoms with Gasteiger partial charge in [-0.3, -0.25) is 4.18 Å². The van der Waals surface area contributed by atoms with Gasteiger partial charge in [0.15, 0.2) is 0 Å². The largest absolute Gasteiger partial charge is 0.482 e. The van der Waals surface area contributed by atoms with Crippen molar-refractivity contribution in [3.8, 4) is 16.9 Å². The van der Waals surface area contributed by atoms with Crippen molar-refractivity contribution in [3.05, 3.63) is 88.2 Å². The molecule has 1 heterocycles. The zero-order valence-corrected chi connectivity index (χ0v) is 18.5. The Bertz CT molecular complexity index is 1270. The van der Waals surface area contributed by atoms with Crippen LogP contribution in [0.5, 0.6) is 5.75 Å². The molecule has 31 heavy (non-hydrogen) atoms. The molecule has 0 bridgehead atoms. The molecule has 1 atom stereocenters. The molecule has 160 valence electrons. The van der Waals surface area contributed by atoms with Crippen LogP contribution in [0.2, 0.25) is 5.02 Å². The van der Waals surface area contributed by atoms with Gasteiger partial charge in [0, 0.05) is 10.6 Å². The van der Waals surface area contributed by atoms with Gasteiger partial charge in [0.25, 0.3) is 10.1 Å². The molecule has 4 nitrogen and oxygen atoms in total. The minimum absolute atomic E-state index is 0.0711. The van der Waals surface area contributed by atoms with Crippen LogP contribution in [0.4, 0.5) is 4.39 Å². The van der Waals surface area contributed by atoms with Crippen LogP contribution in [0.3, 0.4) is 0 Å². The second-order valence-electron chi connectivity index (χ2n) is 7.37. The van der Waals surface area contributed by atoms with Crippen molar-refractivity contribution in [2.75, 3.05) is 6.61 Å². The van der Waals surface area contributed by atoms with E-state index in [9.17, 15) is 12.8 Å². The molecule has 0 N–H and O–H groups in total. The van der Waals surface area contributed by atoms with Crippen molar-refractivity contribution in [1.82, 2.24) is 0 Å². The number of ether oxygens (including phenoxy) is 1. The van der Waals surface area contributed by atoms with Crippen molar-refractivity contribution < 1.29 is 21.7 Å². The number of rotatable bonds is 5. The lowest BCUT2D eigenvalue weighted by Crippen LogP contribution is -2.25. The summed E-state index contributed by atoms with van der Waals surface area (Å²) < 4.78 is 51.0. The number of halogens is 2. The van der Waals surface area contributed by atoms with E-state index >= 15 is 0 Å². The average molecular weight is 459 g/mol. The van der Waals surface area contributed by atoms with E-state index in [1.54, 1.807) is 48.6 Å². The van der Waals surface area contributed by atoms with Gasteiger partial charge in [0.2, 0.25) is 0 Å². The summed E-state index contributed by atoms with van der Waals surface area (Å²) in [6, 6.07) is 14.6. The number of hydrogen-bond donors (Lipinski definition) is 0. The van der Waals surface area contributed by atoms with Gasteiger partial charge in [-0.25, -0.2) is 4.39 Å². The second-order valence-corrected chi connectivity index (χ2v) is 9.42. The van der Waals surface area contributed by atoms with Gasteiger partial charge >= 0.3 is 0 Å². The summed E-state index contributed by atoms with van der Waals surface area (Å²) in [5.74, 6) is -0.0966. The number of hydrogen-bond acceptors (Lipinski definition) is 4. The molecule has 0 saturated carbocycles. The normalized spacial score (nSPS) is 15.4. The molecule has 0 aromatic heterocycles. The maximum atomic E-state index is 14.8. The van der Waals surface area contributed by atoms with Gasteiger partial charge in [0.05, 0.1) is 10.5 Å². The van der Waals surface area contributed by atoms with Gasteiger partial charge in [-0.15, -0.1) is 0 Å². The molecule has 0 spiro atoms. The number of fused-ring (bicyclic) bond motifs is 1. The van der Waals surface area contributed by atoms with Gasteiger partial charge in [0.1, 0.15) is 24.3 Å². The van der Waals surface area contributed by atoms with Crippen molar-refractivity contribution in [1.29, 1.82) is 0 Å². The van der Waals surface area contributed by atoms with Crippen molar-refractivity contribution in [2.45, 2.75) is 24.8 Å². The summed E-state index contributed by atoms with van der Waals surface area (Å²) in [5.41, 5.74) is 3.40. The van der Waals surface area contributed by atoms with E-state index in [2.05, 4.69) is 0 Å². The van der Waals surface area contributed by atoms with E-state index in [4.69, 9.17) is 20.5 Å². The fraction of sp³-hybridized carbons (Fsp3) is 0.167. The minimum Gasteiger partial charge on any atom is -0.482 e. The zero-order chi connectivity index (χ0) is 22.2. The predicted octanol–water partition coefficient (Wildman–Crippen LogP) is 5.94. The van der Waals surface area contributed by atoms with E-state index in [-0.39, 0.29) is 11.5 Å². The first kappa shape index (κ1) is 21.6. The van der Waals surface area contributed by atoms with Crippen molar-refractivity contribution in [2.24, 2.45) is 0 Å². The Kier molecular flexibility index (Phi) is 5.88. The quantitative estimate of drug-likeness (QED) is 0.444. The molecule has 1 aliphatic rings. The molecule has 0 fully saturated rings. The molecule has 3 aromatic rings. The molecule has 4 rings (SSSR count). The topological polar surface area (TPSA) is 52.6 Å². The lowest BCUT2D eigenvalue weighted by atomic mass is 9.95. The molecule has 0 radical (unpaired) electrons. The Morgan fingerprint density at radius 1 is 1.06 bits per heavy atom. The molecule has 0 aliphatic carbocycles. The molecule has 1 aliphatic heterocycles. The molecule has 0 amide bonds. The van der Waals surface area contributed by atoms with E-state index in [0.29, 0.717) is 27.5 Å². The number of benzene rings is 3. The van der Waals surface area contributed by atoms with Crippen LogP contribution < -0.4 is 4.74 Å². The van der Waals surface area contributed by atoms with Crippen LogP contribution in [0, 0.1) is 19.7 Å². The molecule has 0 saturated heterocycles. The monoisotopic (exact) mass is 458 g/mol. The SMILES string of the molecule is Cc1ccc(S(=O)(=O)OC[C@H]2C=Cc3ccc(F)c(-c4ccc(Cl)cc4C)c3O2)cc1. The minimum atomic E-state index is -3.94. The smallest absolute Gasteiger partial charge is 0.297 e. The fourth-order valence-electron chi connectivity index (χ4n) is 3.41. The maximum absolute atomic E-state index is 14.8. The summed E-state index contributed by atoms with van der Waals surface area (Å²) in [7, 11) is -3.94. The van der Waals surface area contributed by atoms with E-state index < -0.39 is 22.0 Å². The highest BCUT2D eigenvalue weighted by Crippen LogP contribution is 2.41. The van der Waals surface area contributed by atoms with Crippen molar-refractivity contribution in [3.63, 3.8) is 0 Å². The van der Waals surface area contributed by atoms with Crippen LogP contribution in [0.25, 0.3) is 17.2 Å². The standard InChI is InChI=1S/C24H20ClFO4S/c1-15-3-9-20(10-4-15)31(27,28)29-14-19-8-5-17-6-12-22(26)23(24(17)30-19)21-11-7-18(25)13-16(21)2/h3-13,19H,14H2,1-2H3/t19-/m1/s1. The van der Waals surface area contributed by atoms with Crippen LogP contribution in [-0.4, -0.2) is 21.1 Å². The van der Waals surface area contributed by atoms with Crippen LogP contribution in [-0.2, 0) is 14.3 Å². The van der Waals surface area contributed by atoms with E-state index in [1.165, 1.54) is 18.2 Å². The molecular weight excluding hydrogens is 439 g/mol. The zero-order valence-electron chi connectivity index (χ0n) is 16.9. The first-order valence-electron chi connectivity index (χ1n) is 9.64. The summed E-state index contributed by atoms with van der Waals surface area (Å²) in [4.78, 5) is 0.0711. The highest BCUT2D eigenvalue weighted by Gasteiger charge is 2.25. The summed E-state index contributed by atoms with van der Waals surface area (Å²) in [6.45, 7) is 3.48. The third-order valence-electron chi connectivity index (χ3n) is 5.05. The fourth-order valence-corrected chi connectivity index (χ4v) is 4.56. The Morgan fingerprint density at radius 3 is 2.52 bits per heavy atom. The average Bonchev–Trinajstić information content (AvgIpc) is 2.73. The number of aryl methyl sites for hydroxylation is 2. The molecule has 0 unspecified atom stereocenters. The van der Waals surface area contributed by atoms with Gasteiger partial charge in [-0.2, -0.15) is 8.42 Å². The summed E-state index contributed by atoms with van der Waals surface area (Å²) >= 11 is 6.04. The molecule has 7 heteroatoms. The van der Waals surface area contributed by atoms with Gasteiger partial charge in [-0.1, -0.05) is 41.4 Å². The summed E-state index contributed by atoms with van der Waals surface area (Å²) in [5, 5.41) is 0.555. The Balaban J connectivity index is 1.60. The summed E-state index contributed by atoms with van der Waals surface area (Å²) in [6.07, 6.45) is 2.78. The van der Waals surface area contributed by atoms with Crippen LogP contribution >= 0.6 is 11.6 Å². The molecule has 3 aromatic carbocycles. The first-order valence-corrected chi connectivity index (χ1v) is 11.4. The Hall–Kier alpha value is -2.67. The van der Waals surface area contributed by atoms with Crippen LogP contribution in [0.1, 0.15) is 16.7 Å².